The molecule has 0 saturated heterocycles. The lowest BCUT2D eigenvalue weighted by molar-refractivity contribution is -0.143. The summed E-state index contributed by atoms with van der Waals surface area (Å²) in [6.07, 6.45) is 23.1. The predicted molar refractivity (Wildman–Crippen MR) is 125 cm³/mol. The number of rotatable bonds is 19. The Morgan fingerprint density at radius 3 is 2.07 bits per heavy atom. The average Bonchev–Trinajstić information content (AvgIpc) is 2.74. The van der Waals surface area contributed by atoms with E-state index in [9.17, 15) is 4.79 Å². The van der Waals surface area contributed by atoms with Gasteiger partial charge in [0.05, 0.1) is 6.61 Å². The van der Waals surface area contributed by atoms with Crippen molar-refractivity contribution in [2.75, 3.05) is 26.2 Å². The zero-order valence-electron chi connectivity index (χ0n) is 19.9. The van der Waals surface area contributed by atoms with Crippen molar-refractivity contribution in [1.29, 1.82) is 0 Å². The highest BCUT2D eigenvalue weighted by Gasteiger charge is 2.15. The van der Waals surface area contributed by atoms with Crippen molar-refractivity contribution < 1.29 is 9.53 Å². The van der Waals surface area contributed by atoms with Crippen LogP contribution >= 0.6 is 0 Å². The summed E-state index contributed by atoms with van der Waals surface area (Å²) >= 11 is 0. The van der Waals surface area contributed by atoms with Crippen LogP contribution in [-0.4, -0.2) is 37.1 Å². The van der Waals surface area contributed by atoms with Crippen LogP contribution in [0.15, 0.2) is 0 Å². The van der Waals surface area contributed by atoms with E-state index in [1.165, 1.54) is 96.6 Å². The van der Waals surface area contributed by atoms with Crippen LogP contribution < -0.4 is 0 Å². The molecular formula is C26H51NO2. The molecule has 0 atom stereocenters. The minimum atomic E-state index is -0.000662. The van der Waals surface area contributed by atoms with E-state index >= 15 is 0 Å². The number of hydrogen-bond acceptors (Lipinski definition) is 3. The second-order valence-electron chi connectivity index (χ2n) is 9.29. The maximum Gasteiger partial charge on any atom is 0.305 e. The summed E-state index contributed by atoms with van der Waals surface area (Å²) in [7, 11) is 0. The minimum Gasteiger partial charge on any atom is -0.466 e. The Morgan fingerprint density at radius 2 is 1.38 bits per heavy atom. The number of nitrogens with zero attached hydrogens (tertiary/aromatic N) is 1. The Hall–Kier alpha value is -0.570. The summed E-state index contributed by atoms with van der Waals surface area (Å²) in [5.74, 6) is 0.966. The number of unbranched alkanes of at least 4 members (excludes halogenated alkanes) is 8. The van der Waals surface area contributed by atoms with Gasteiger partial charge in [-0.3, -0.25) is 4.79 Å². The van der Waals surface area contributed by atoms with Gasteiger partial charge in [0.1, 0.15) is 0 Å². The van der Waals surface area contributed by atoms with Gasteiger partial charge in [0.15, 0.2) is 0 Å². The van der Waals surface area contributed by atoms with Crippen LogP contribution in [0.2, 0.25) is 0 Å². The van der Waals surface area contributed by atoms with Gasteiger partial charge in [0.25, 0.3) is 0 Å². The number of hydrogen-bond donors (Lipinski definition) is 0. The summed E-state index contributed by atoms with van der Waals surface area (Å²) in [4.78, 5) is 14.5. The molecule has 0 radical (unpaired) electrons. The van der Waals surface area contributed by atoms with E-state index in [1.807, 2.05) is 0 Å². The second kappa shape index (κ2) is 19.4. The number of carbonyl (C=O) groups is 1. The van der Waals surface area contributed by atoms with Gasteiger partial charge >= 0.3 is 5.97 Å². The van der Waals surface area contributed by atoms with Crippen LogP contribution in [0.5, 0.6) is 0 Å². The van der Waals surface area contributed by atoms with Crippen LogP contribution in [0, 0.1) is 5.92 Å². The van der Waals surface area contributed by atoms with E-state index in [4.69, 9.17) is 4.74 Å². The lowest BCUT2D eigenvalue weighted by Crippen LogP contribution is -2.29. The molecular weight excluding hydrogens is 358 g/mol. The van der Waals surface area contributed by atoms with Gasteiger partial charge in [0, 0.05) is 6.42 Å². The normalized spacial score (nSPS) is 15.1. The summed E-state index contributed by atoms with van der Waals surface area (Å²) in [6, 6.07) is 0. The Labute approximate surface area is 182 Å². The fourth-order valence-electron chi connectivity index (χ4n) is 4.48. The lowest BCUT2D eigenvalue weighted by atomic mass is 9.87. The molecule has 0 aromatic rings. The third-order valence-corrected chi connectivity index (χ3v) is 6.52. The fourth-order valence-corrected chi connectivity index (χ4v) is 4.48. The van der Waals surface area contributed by atoms with Gasteiger partial charge in [-0.25, -0.2) is 0 Å². The Bertz CT molecular complexity index is 366. The highest BCUT2D eigenvalue weighted by atomic mass is 16.5. The van der Waals surface area contributed by atoms with Gasteiger partial charge in [0.2, 0.25) is 0 Å². The van der Waals surface area contributed by atoms with Crippen LogP contribution in [0.3, 0.4) is 0 Å². The van der Waals surface area contributed by atoms with Gasteiger partial charge in [-0.2, -0.15) is 0 Å². The van der Waals surface area contributed by atoms with E-state index in [2.05, 4.69) is 18.7 Å². The van der Waals surface area contributed by atoms with Crippen molar-refractivity contribution in [3.8, 4) is 0 Å². The molecule has 0 N–H and O–H groups in total. The first-order valence-electron chi connectivity index (χ1n) is 13.1. The maximum atomic E-state index is 11.8. The van der Waals surface area contributed by atoms with Crippen molar-refractivity contribution in [3.05, 3.63) is 0 Å². The number of carbonyl (C=O) groups excluding carboxylic acids is 1. The predicted octanol–water partition coefficient (Wildman–Crippen LogP) is 7.52. The Morgan fingerprint density at radius 1 is 0.759 bits per heavy atom. The maximum absolute atomic E-state index is 11.8. The smallest absolute Gasteiger partial charge is 0.305 e. The van der Waals surface area contributed by atoms with Crippen LogP contribution in [0.4, 0.5) is 0 Å². The summed E-state index contributed by atoms with van der Waals surface area (Å²) < 4.78 is 5.28. The van der Waals surface area contributed by atoms with Crippen molar-refractivity contribution in [2.24, 2.45) is 5.92 Å². The van der Waals surface area contributed by atoms with Crippen molar-refractivity contribution in [3.63, 3.8) is 0 Å². The lowest BCUT2D eigenvalue weighted by Gasteiger charge is -2.27. The Balaban J connectivity index is 2.19. The van der Waals surface area contributed by atoms with E-state index in [1.54, 1.807) is 0 Å². The highest BCUT2D eigenvalue weighted by Crippen LogP contribution is 2.26. The summed E-state index contributed by atoms with van der Waals surface area (Å²) in [6.45, 7) is 8.69. The molecule has 29 heavy (non-hydrogen) atoms. The molecule has 0 aromatic carbocycles. The molecule has 0 aliphatic heterocycles. The van der Waals surface area contributed by atoms with E-state index in [0.29, 0.717) is 13.0 Å². The average molecular weight is 410 g/mol. The van der Waals surface area contributed by atoms with Gasteiger partial charge in [-0.05, 0) is 57.7 Å². The molecule has 0 aromatic heterocycles. The zero-order valence-corrected chi connectivity index (χ0v) is 19.9. The summed E-state index contributed by atoms with van der Waals surface area (Å²) in [5, 5.41) is 0. The largest absolute Gasteiger partial charge is 0.466 e. The molecule has 1 aliphatic carbocycles. The number of ether oxygens (including phenoxy) is 1. The van der Waals surface area contributed by atoms with Gasteiger partial charge in [-0.15, -0.1) is 0 Å². The Kier molecular flexibility index (Phi) is 17.7. The molecule has 0 heterocycles. The monoisotopic (exact) mass is 409 g/mol. The third kappa shape index (κ3) is 15.9. The van der Waals surface area contributed by atoms with Crippen molar-refractivity contribution >= 4 is 5.97 Å². The molecule has 0 unspecified atom stereocenters. The molecule has 0 spiro atoms. The molecule has 0 bridgehead atoms. The molecule has 0 amide bonds. The second-order valence-corrected chi connectivity index (χ2v) is 9.29. The quantitative estimate of drug-likeness (QED) is 0.163. The van der Waals surface area contributed by atoms with Crippen molar-refractivity contribution in [1.82, 2.24) is 4.90 Å². The first-order chi connectivity index (χ1) is 14.3. The van der Waals surface area contributed by atoms with Crippen molar-refractivity contribution in [2.45, 2.75) is 129 Å². The molecule has 1 aliphatic rings. The topological polar surface area (TPSA) is 29.5 Å². The fraction of sp³-hybridized carbons (Fsp3) is 0.962. The number of esters is 1. The van der Waals surface area contributed by atoms with Gasteiger partial charge < -0.3 is 9.64 Å². The van der Waals surface area contributed by atoms with Crippen LogP contribution in [-0.2, 0) is 9.53 Å². The summed E-state index contributed by atoms with van der Waals surface area (Å²) in [5.41, 5.74) is 0. The highest BCUT2D eigenvalue weighted by molar-refractivity contribution is 5.69. The first-order valence-corrected chi connectivity index (χ1v) is 13.1. The van der Waals surface area contributed by atoms with Gasteiger partial charge in [-0.1, -0.05) is 90.9 Å². The SMILES string of the molecule is CCCCCCCCCN(CCCCC(=O)OCCCC)CCC1CCCCC1. The molecule has 1 saturated carbocycles. The van der Waals surface area contributed by atoms with Crippen LogP contribution in [0.25, 0.3) is 0 Å². The van der Waals surface area contributed by atoms with E-state index in [0.717, 1.165) is 38.1 Å². The standard InChI is InChI=1S/C26H51NO2/c1-3-5-7-8-9-10-15-21-27(23-20-25-17-12-11-13-18-25)22-16-14-19-26(28)29-24-6-4-2/h25H,3-24H2,1-2H3. The molecule has 3 heteroatoms. The van der Waals surface area contributed by atoms with E-state index in [-0.39, 0.29) is 5.97 Å². The molecule has 1 rings (SSSR count). The first kappa shape index (κ1) is 26.5. The molecule has 3 nitrogen and oxygen atoms in total. The molecule has 172 valence electrons. The van der Waals surface area contributed by atoms with Crippen LogP contribution in [0.1, 0.15) is 129 Å². The minimum absolute atomic E-state index is 0.000662. The zero-order chi connectivity index (χ0) is 21.0. The third-order valence-electron chi connectivity index (χ3n) is 6.52. The molecule has 1 fully saturated rings. The van der Waals surface area contributed by atoms with E-state index < -0.39 is 0 Å².